The minimum atomic E-state index is -0.873. The number of aliphatic carboxylic acids is 1. The zero-order valence-electron chi connectivity index (χ0n) is 7.27. The number of rotatable bonds is 2. The number of benzene rings is 1. The van der Waals surface area contributed by atoms with Crippen LogP contribution in [0.5, 0.6) is 0 Å². The summed E-state index contributed by atoms with van der Waals surface area (Å²) in [6.07, 6.45) is 1.64. The Bertz CT molecular complexity index is 490. The molecule has 0 aliphatic heterocycles. The van der Waals surface area contributed by atoms with Gasteiger partial charge in [0.1, 0.15) is 6.54 Å². The predicted molar refractivity (Wildman–Crippen MR) is 54.6 cm³/mol. The first-order valence-corrected chi connectivity index (χ1v) is 4.51. The minimum Gasteiger partial charge on any atom is -0.480 e. The van der Waals surface area contributed by atoms with Crippen molar-refractivity contribution in [3.05, 3.63) is 35.5 Å². The summed E-state index contributed by atoms with van der Waals surface area (Å²) in [6, 6.07) is 7.45. The molecule has 0 unspecified atom stereocenters. The van der Waals surface area contributed by atoms with Crippen molar-refractivity contribution in [2.45, 2.75) is 6.54 Å². The lowest BCUT2D eigenvalue weighted by Gasteiger charge is -1.99. The molecule has 0 aliphatic rings. The van der Waals surface area contributed by atoms with Crippen molar-refractivity contribution in [1.82, 2.24) is 4.57 Å². The van der Waals surface area contributed by atoms with Crippen LogP contribution in [0.2, 0.25) is 5.02 Å². The molecule has 0 saturated carbocycles. The smallest absolute Gasteiger partial charge is 0.323 e. The van der Waals surface area contributed by atoms with E-state index >= 15 is 0 Å². The third-order valence-electron chi connectivity index (χ3n) is 2.05. The molecule has 1 heterocycles. The number of nitrogens with zero attached hydrogens (tertiary/aromatic N) is 1. The molecule has 2 aromatic rings. The second-order valence-corrected chi connectivity index (χ2v) is 3.42. The van der Waals surface area contributed by atoms with Gasteiger partial charge in [0.05, 0.1) is 10.5 Å². The number of fused-ring (bicyclic) bond motifs is 1. The summed E-state index contributed by atoms with van der Waals surface area (Å²) >= 11 is 5.95. The molecule has 4 heteroatoms. The van der Waals surface area contributed by atoms with Crippen LogP contribution in [0.3, 0.4) is 0 Å². The quantitative estimate of drug-likeness (QED) is 0.825. The summed E-state index contributed by atoms with van der Waals surface area (Å²) in [4.78, 5) is 10.6. The van der Waals surface area contributed by atoms with E-state index in [2.05, 4.69) is 0 Å². The Kier molecular flexibility index (Phi) is 2.17. The van der Waals surface area contributed by atoms with Crippen molar-refractivity contribution in [2.24, 2.45) is 0 Å². The van der Waals surface area contributed by atoms with Gasteiger partial charge in [-0.25, -0.2) is 0 Å². The SMILES string of the molecule is O=C(O)Cn1cc(Cl)c2ccccc21. The van der Waals surface area contributed by atoms with Gasteiger partial charge in [-0.15, -0.1) is 0 Å². The van der Waals surface area contributed by atoms with Crippen LogP contribution in [0.15, 0.2) is 30.5 Å². The molecule has 72 valence electrons. The first-order chi connectivity index (χ1) is 6.68. The van der Waals surface area contributed by atoms with Gasteiger partial charge in [0.15, 0.2) is 0 Å². The number of carbonyl (C=O) groups is 1. The van der Waals surface area contributed by atoms with Crippen LogP contribution in [0, 0.1) is 0 Å². The monoisotopic (exact) mass is 209 g/mol. The molecule has 2 rings (SSSR count). The number of aromatic nitrogens is 1. The number of carboxylic acids is 1. The molecule has 0 spiro atoms. The van der Waals surface area contributed by atoms with Gasteiger partial charge >= 0.3 is 5.97 Å². The first kappa shape index (κ1) is 9.09. The Labute approximate surface area is 85.5 Å². The van der Waals surface area contributed by atoms with E-state index in [0.717, 1.165) is 10.9 Å². The highest BCUT2D eigenvalue weighted by Crippen LogP contribution is 2.25. The van der Waals surface area contributed by atoms with Crippen molar-refractivity contribution in [3.63, 3.8) is 0 Å². The summed E-state index contributed by atoms with van der Waals surface area (Å²) in [6.45, 7) is -0.0623. The highest BCUT2D eigenvalue weighted by Gasteiger charge is 2.07. The Morgan fingerprint density at radius 1 is 1.43 bits per heavy atom. The molecule has 0 saturated heterocycles. The highest BCUT2D eigenvalue weighted by atomic mass is 35.5. The van der Waals surface area contributed by atoms with Crippen LogP contribution in [0.4, 0.5) is 0 Å². The summed E-state index contributed by atoms with van der Waals surface area (Å²) in [5, 5.41) is 10.1. The topological polar surface area (TPSA) is 42.2 Å². The fourth-order valence-corrected chi connectivity index (χ4v) is 1.76. The number of hydrogen-bond acceptors (Lipinski definition) is 1. The van der Waals surface area contributed by atoms with E-state index < -0.39 is 5.97 Å². The van der Waals surface area contributed by atoms with Gasteiger partial charge < -0.3 is 9.67 Å². The van der Waals surface area contributed by atoms with Crippen LogP contribution in [-0.4, -0.2) is 15.6 Å². The molecular weight excluding hydrogens is 202 g/mol. The third kappa shape index (κ3) is 1.46. The lowest BCUT2D eigenvalue weighted by atomic mass is 10.2. The molecule has 0 fully saturated rings. The molecule has 3 nitrogen and oxygen atoms in total. The van der Waals surface area contributed by atoms with E-state index in [0.29, 0.717) is 5.02 Å². The van der Waals surface area contributed by atoms with Crippen molar-refractivity contribution < 1.29 is 9.90 Å². The summed E-state index contributed by atoms with van der Waals surface area (Å²) < 4.78 is 1.62. The van der Waals surface area contributed by atoms with Gasteiger partial charge in [-0.3, -0.25) is 4.79 Å². The molecule has 1 N–H and O–H groups in total. The van der Waals surface area contributed by atoms with Crippen LogP contribution < -0.4 is 0 Å². The molecule has 0 amide bonds. The Morgan fingerprint density at radius 3 is 2.86 bits per heavy atom. The molecular formula is C10H8ClNO2. The van der Waals surface area contributed by atoms with Gasteiger partial charge in [-0.05, 0) is 6.07 Å². The predicted octanol–water partition coefficient (Wildman–Crippen LogP) is 2.38. The lowest BCUT2D eigenvalue weighted by molar-refractivity contribution is -0.137. The molecule has 14 heavy (non-hydrogen) atoms. The van der Waals surface area contributed by atoms with E-state index in [-0.39, 0.29) is 6.54 Å². The Morgan fingerprint density at radius 2 is 2.14 bits per heavy atom. The van der Waals surface area contributed by atoms with Gasteiger partial charge in [0.2, 0.25) is 0 Å². The fourth-order valence-electron chi connectivity index (χ4n) is 1.48. The van der Waals surface area contributed by atoms with E-state index in [9.17, 15) is 4.79 Å². The second-order valence-electron chi connectivity index (χ2n) is 3.02. The fraction of sp³-hybridized carbons (Fsp3) is 0.100. The van der Waals surface area contributed by atoms with E-state index in [1.807, 2.05) is 24.3 Å². The molecule has 0 radical (unpaired) electrons. The van der Waals surface area contributed by atoms with Crippen LogP contribution in [0.1, 0.15) is 0 Å². The van der Waals surface area contributed by atoms with Crippen LogP contribution >= 0.6 is 11.6 Å². The molecule has 0 bridgehead atoms. The lowest BCUT2D eigenvalue weighted by Crippen LogP contribution is -2.06. The molecule has 0 atom stereocenters. The van der Waals surface area contributed by atoms with E-state index in [4.69, 9.17) is 16.7 Å². The zero-order chi connectivity index (χ0) is 10.1. The normalized spacial score (nSPS) is 10.6. The van der Waals surface area contributed by atoms with Crippen molar-refractivity contribution >= 4 is 28.5 Å². The van der Waals surface area contributed by atoms with Gasteiger partial charge in [-0.2, -0.15) is 0 Å². The number of para-hydroxylation sites is 1. The third-order valence-corrected chi connectivity index (χ3v) is 2.35. The molecule has 1 aromatic carbocycles. The Balaban J connectivity index is 2.60. The highest BCUT2D eigenvalue weighted by molar-refractivity contribution is 6.35. The largest absolute Gasteiger partial charge is 0.480 e. The van der Waals surface area contributed by atoms with Gasteiger partial charge in [0, 0.05) is 11.6 Å². The van der Waals surface area contributed by atoms with Crippen molar-refractivity contribution in [2.75, 3.05) is 0 Å². The van der Waals surface area contributed by atoms with Crippen LogP contribution in [-0.2, 0) is 11.3 Å². The molecule has 0 aliphatic carbocycles. The maximum absolute atomic E-state index is 10.6. The standard InChI is InChI=1S/C10H8ClNO2/c11-8-5-12(6-10(13)14)9-4-2-1-3-7(8)9/h1-5H,6H2,(H,13,14). The van der Waals surface area contributed by atoms with E-state index in [1.165, 1.54) is 0 Å². The van der Waals surface area contributed by atoms with Crippen molar-refractivity contribution in [3.8, 4) is 0 Å². The number of halogens is 1. The summed E-state index contributed by atoms with van der Waals surface area (Å²) in [5.41, 5.74) is 0.847. The van der Waals surface area contributed by atoms with Gasteiger partial charge in [0.25, 0.3) is 0 Å². The maximum Gasteiger partial charge on any atom is 0.323 e. The van der Waals surface area contributed by atoms with Crippen LogP contribution in [0.25, 0.3) is 10.9 Å². The van der Waals surface area contributed by atoms with Gasteiger partial charge in [-0.1, -0.05) is 29.8 Å². The average molecular weight is 210 g/mol. The zero-order valence-corrected chi connectivity index (χ0v) is 8.03. The second kappa shape index (κ2) is 3.35. The molecule has 1 aromatic heterocycles. The maximum atomic E-state index is 10.6. The Hall–Kier alpha value is -1.48. The minimum absolute atomic E-state index is 0.0623. The number of hydrogen-bond donors (Lipinski definition) is 1. The van der Waals surface area contributed by atoms with Crippen molar-refractivity contribution in [1.29, 1.82) is 0 Å². The summed E-state index contributed by atoms with van der Waals surface area (Å²) in [5.74, 6) is -0.873. The summed E-state index contributed by atoms with van der Waals surface area (Å²) in [7, 11) is 0. The first-order valence-electron chi connectivity index (χ1n) is 4.13. The average Bonchev–Trinajstić information content (AvgIpc) is 2.44. The van der Waals surface area contributed by atoms with E-state index in [1.54, 1.807) is 10.8 Å². The number of carboxylic acid groups (broad SMARTS) is 1.